The van der Waals surface area contributed by atoms with Crippen LogP contribution in [0.1, 0.15) is 33.6 Å². The van der Waals surface area contributed by atoms with Crippen LogP contribution in [-0.4, -0.2) is 65.5 Å². The molecule has 150 valence electrons. The zero-order valence-corrected chi connectivity index (χ0v) is 16.5. The van der Waals surface area contributed by atoms with Crippen LogP contribution in [0, 0.1) is 5.92 Å². The van der Waals surface area contributed by atoms with Gasteiger partial charge in [-0.2, -0.15) is 11.8 Å². The van der Waals surface area contributed by atoms with Crippen molar-refractivity contribution < 1.29 is 24.3 Å². The lowest BCUT2D eigenvalue weighted by Gasteiger charge is -2.21. The molecule has 0 bridgehead atoms. The Bertz CT molecular complexity index is 501. The van der Waals surface area contributed by atoms with Crippen LogP contribution in [0.4, 0.5) is 0 Å². The van der Waals surface area contributed by atoms with Gasteiger partial charge in [-0.1, -0.05) is 13.8 Å². The maximum absolute atomic E-state index is 12.2. The Morgan fingerprint density at radius 2 is 1.69 bits per heavy atom. The molecule has 0 saturated heterocycles. The average molecular weight is 391 g/mol. The molecule has 0 aromatic carbocycles. The molecule has 9 nitrogen and oxygen atoms in total. The Morgan fingerprint density at radius 3 is 2.19 bits per heavy atom. The molecule has 26 heavy (non-hydrogen) atoms. The smallest absolute Gasteiger partial charge is 0.325 e. The second kappa shape index (κ2) is 12.5. The van der Waals surface area contributed by atoms with Gasteiger partial charge in [-0.3, -0.25) is 19.2 Å². The number of nitrogens with one attached hydrogen (secondary N) is 3. The predicted octanol–water partition coefficient (Wildman–Crippen LogP) is -0.697. The molecule has 0 aliphatic heterocycles. The Hall–Kier alpha value is -1.81. The molecule has 3 atom stereocenters. The normalized spacial score (nSPS) is 14.2. The molecule has 10 heteroatoms. The van der Waals surface area contributed by atoms with Crippen LogP contribution in [0.15, 0.2) is 0 Å². The number of rotatable bonds is 12. The third-order valence-electron chi connectivity index (χ3n) is 3.48. The Labute approximate surface area is 158 Å². The van der Waals surface area contributed by atoms with E-state index in [0.29, 0.717) is 12.8 Å². The molecule has 0 radical (unpaired) electrons. The van der Waals surface area contributed by atoms with Gasteiger partial charge in [0.1, 0.15) is 12.1 Å². The number of amides is 3. The lowest BCUT2D eigenvalue weighted by molar-refractivity contribution is -0.141. The number of hydrogen-bond donors (Lipinski definition) is 5. The molecule has 0 heterocycles. The zero-order chi connectivity index (χ0) is 20.3. The lowest BCUT2D eigenvalue weighted by Crippen LogP contribution is -2.53. The maximum atomic E-state index is 12.2. The summed E-state index contributed by atoms with van der Waals surface area (Å²) in [5.41, 5.74) is 5.71. The van der Waals surface area contributed by atoms with Crippen molar-refractivity contribution in [1.82, 2.24) is 16.0 Å². The minimum atomic E-state index is -1.17. The van der Waals surface area contributed by atoms with Crippen LogP contribution in [0.25, 0.3) is 0 Å². The second-order valence-electron chi connectivity index (χ2n) is 6.42. The predicted molar refractivity (Wildman–Crippen MR) is 101 cm³/mol. The Kier molecular flexibility index (Phi) is 11.7. The summed E-state index contributed by atoms with van der Waals surface area (Å²) in [6, 6.07) is -2.64. The van der Waals surface area contributed by atoms with E-state index in [1.54, 1.807) is 11.8 Å². The van der Waals surface area contributed by atoms with Gasteiger partial charge in [0, 0.05) is 0 Å². The summed E-state index contributed by atoms with van der Waals surface area (Å²) in [6.45, 7) is 4.78. The molecule has 0 saturated carbocycles. The van der Waals surface area contributed by atoms with E-state index in [0.717, 1.165) is 5.75 Å². The van der Waals surface area contributed by atoms with E-state index < -0.39 is 41.8 Å². The highest BCUT2D eigenvalue weighted by molar-refractivity contribution is 7.98. The molecular weight excluding hydrogens is 360 g/mol. The molecule has 0 rings (SSSR count). The van der Waals surface area contributed by atoms with Crippen LogP contribution >= 0.6 is 11.8 Å². The first-order valence-corrected chi connectivity index (χ1v) is 9.82. The number of aliphatic carboxylic acids is 1. The first-order chi connectivity index (χ1) is 12.1. The van der Waals surface area contributed by atoms with Gasteiger partial charge >= 0.3 is 5.97 Å². The highest BCUT2D eigenvalue weighted by atomic mass is 32.2. The number of thioether (sulfide) groups is 1. The van der Waals surface area contributed by atoms with Crippen molar-refractivity contribution in [3.05, 3.63) is 0 Å². The van der Waals surface area contributed by atoms with Crippen molar-refractivity contribution in [2.75, 3.05) is 18.6 Å². The van der Waals surface area contributed by atoms with E-state index in [9.17, 15) is 19.2 Å². The summed E-state index contributed by atoms with van der Waals surface area (Å²) in [6.07, 6.45) is 2.74. The van der Waals surface area contributed by atoms with E-state index in [4.69, 9.17) is 10.8 Å². The van der Waals surface area contributed by atoms with Crippen LogP contribution in [0.5, 0.6) is 0 Å². The monoisotopic (exact) mass is 390 g/mol. The van der Waals surface area contributed by atoms with Crippen molar-refractivity contribution in [1.29, 1.82) is 0 Å². The van der Waals surface area contributed by atoms with Crippen LogP contribution in [0.2, 0.25) is 0 Å². The average Bonchev–Trinajstić information content (AvgIpc) is 2.56. The van der Waals surface area contributed by atoms with Gasteiger partial charge in [0.05, 0.1) is 12.6 Å². The molecule has 0 aromatic heterocycles. The summed E-state index contributed by atoms with van der Waals surface area (Å²) in [5.74, 6) is -1.89. The molecular formula is C16H30N4O5S. The van der Waals surface area contributed by atoms with Crippen LogP contribution < -0.4 is 21.7 Å². The first kappa shape index (κ1) is 24.2. The van der Waals surface area contributed by atoms with Crippen LogP contribution in [0.3, 0.4) is 0 Å². The Balaban J connectivity index is 4.61. The van der Waals surface area contributed by atoms with E-state index in [2.05, 4.69) is 16.0 Å². The second-order valence-corrected chi connectivity index (χ2v) is 7.41. The quantitative estimate of drug-likeness (QED) is 0.296. The van der Waals surface area contributed by atoms with Crippen LogP contribution in [-0.2, 0) is 19.2 Å². The van der Waals surface area contributed by atoms with Crippen molar-refractivity contribution in [2.45, 2.75) is 51.7 Å². The third-order valence-corrected chi connectivity index (χ3v) is 4.12. The molecule has 0 aliphatic rings. The van der Waals surface area contributed by atoms with Gasteiger partial charge in [-0.05, 0) is 37.7 Å². The number of carboxylic acids is 1. The molecule has 0 aromatic rings. The molecule has 0 spiro atoms. The fourth-order valence-corrected chi connectivity index (χ4v) is 2.49. The molecule has 6 N–H and O–H groups in total. The number of nitrogens with two attached hydrogens (primary N) is 1. The fraction of sp³-hybridized carbons (Fsp3) is 0.750. The van der Waals surface area contributed by atoms with Crippen molar-refractivity contribution in [3.8, 4) is 0 Å². The van der Waals surface area contributed by atoms with Gasteiger partial charge in [0.25, 0.3) is 0 Å². The van der Waals surface area contributed by atoms with E-state index in [1.165, 1.54) is 6.92 Å². The molecule has 3 unspecified atom stereocenters. The zero-order valence-electron chi connectivity index (χ0n) is 15.7. The number of carbonyl (C=O) groups is 4. The standard InChI is InChI=1S/C16H30N4O5S/c1-9(2)7-12(15(23)19-10(3)16(24)25)20-13(21)8-18-14(22)11(17)5-6-26-4/h9-12H,5-8,17H2,1-4H3,(H,18,22)(H,19,23)(H,20,21)(H,24,25). The van der Waals surface area contributed by atoms with E-state index in [-0.39, 0.29) is 12.5 Å². The lowest BCUT2D eigenvalue weighted by atomic mass is 10.0. The maximum Gasteiger partial charge on any atom is 0.325 e. The molecule has 3 amide bonds. The summed E-state index contributed by atoms with van der Waals surface area (Å²) in [7, 11) is 0. The highest BCUT2D eigenvalue weighted by Crippen LogP contribution is 2.05. The third kappa shape index (κ3) is 10.2. The highest BCUT2D eigenvalue weighted by Gasteiger charge is 2.25. The van der Waals surface area contributed by atoms with Crippen molar-refractivity contribution >= 4 is 35.5 Å². The summed E-state index contributed by atoms with van der Waals surface area (Å²) >= 11 is 1.57. The first-order valence-electron chi connectivity index (χ1n) is 8.43. The molecule has 0 fully saturated rings. The topological polar surface area (TPSA) is 151 Å². The van der Waals surface area contributed by atoms with E-state index in [1.807, 2.05) is 20.1 Å². The van der Waals surface area contributed by atoms with Gasteiger partial charge in [-0.25, -0.2) is 0 Å². The van der Waals surface area contributed by atoms with E-state index >= 15 is 0 Å². The largest absolute Gasteiger partial charge is 0.480 e. The van der Waals surface area contributed by atoms with Crippen molar-refractivity contribution in [2.24, 2.45) is 11.7 Å². The summed E-state index contributed by atoms with van der Waals surface area (Å²) in [5, 5.41) is 16.2. The van der Waals surface area contributed by atoms with Gasteiger partial charge in [0.15, 0.2) is 0 Å². The number of hydrogen-bond acceptors (Lipinski definition) is 6. The minimum Gasteiger partial charge on any atom is -0.480 e. The number of carboxylic acid groups (broad SMARTS) is 1. The van der Waals surface area contributed by atoms with Crippen molar-refractivity contribution in [3.63, 3.8) is 0 Å². The fourth-order valence-electron chi connectivity index (χ4n) is 2.00. The minimum absolute atomic E-state index is 0.0979. The van der Waals surface area contributed by atoms with Gasteiger partial charge < -0.3 is 26.8 Å². The number of carbonyl (C=O) groups excluding carboxylic acids is 3. The SMILES string of the molecule is CSCCC(N)C(=O)NCC(=O)NC(CC(C)C)C(=O)NC(C)C(=O)O. The summed E-state index contributed by atoms with van der Waals surface area (Å²) in [4.78, 5) is 46.9. The van der Waals surface area contributed by atoms with Gasteiger partial charge in [-0.15, -0.1) is 0 Å². The van der Waals surface area contributed by atoms with Gasteiger partial charge in [0.2, 0.25) is 17.7 Å². The Morgan fingerprint density at radius 1 is 1.08 bits per heavy atom. The molecule has 0 aliphatic carbocycles. The summed E-state index contributed by atoms with van der Waals surface area (Å²) < 4.78 is 0.